The third kappa shape index (κ3) is 1.22. The number of allylic oxidation sites excluding steroid dienone is 1. The maximum Gasteiger partial charge on any atom is 0.0855 e. The number of hydrogen-bond donors (Lipinski definition) is 1. The molecule has 1 atom stereocenters. The average Bonchev–Trinajstić information content (AvgIpc) is 1.83. The van der Waals surface area contributed by atoms with Crippen molar-refractivity contribution in [1.82, 2.24) is 0 Å². The van der Waals surface area contributed by atoms with Gasteiger partial charge in [0, 0.05) is 0 Å². The van der Waals surface area contributed by atoms with Gasteiger partial charge >= 0.3 is 0 Å². The van der Waals surface area contributed by atoms with Gasteiger partial charge in [0.2, 0.25) is 0 Å². The van der Waals surface area contributed by atoms with E-state index < -0.39 is 5.60 Å². The summed E-state index contributed by atoms with van der Waals surface area (Å²) in [5, 5.41) is 10.1. The second-order valence-electron chi connectivity index (χ2n) is 3.91. The summed E-state index contributed by atoms with van der Waals surface area (Å²) in [6, 6.07) is 0. The van der Waals surface area contributed by atoms with Crippen LogP contribution in [0.4, 0.5) is 0 Å². The first-order chi connectivity index (χ1) is 5.31. The molecule has 0 aromatic rings. The highest BCUT2D eigenvalue weighted by Gasteiger charge is 2.38. The zero-order chi connectivity index (χ0) is 7.73. The molecule has 1 saturated carbocycles. The zero-order valence-corrected chi connectivity index (χ0v) is 6.92. The van der Waals surface area contributed by atoms with Crippen molar-refractivity contribution < 1.29 is 5.11 Å². The molecule has 0 heterocycles. The van der Waals surface area contributed by atoms with E-state index in [1.54, 1.807) is 0 Å². The lowest BCUT2D eigenvalue weighted by Crippen LogP contribution is -2.40. The molecule has 0 bridgehead atoms. The number of rotatable bonds is 1. The maximum atomic E-state index is 10.1. The van der Waals surface area contributed by atoms with Crippen LogP contribution in [-0.2, 0) is 0 Å². The summed E-state index contributed by atoms with van der Waals surface area (Å²) in [5.74, 6) is 0.582. The minimum Gasteiger partial charge on any atom is -0.386 e. The van der Waals surface area contributed by atoms with Crippen LogP contribution in [-0.4, -0.2) is 10.7 Å². The second kappa shape index (κ2) is 2.63. The van der Waals surface area contributed by atoms with Gasteiger partial charge in [-0.15, -0.1) is 0 Å². The van der Waals surface area contributed by atoms with Crippen molar-refractivity contribution >= 4 is 0 Å². The predicted molar refractivity (Wildman–Crippen MR) is 45.3 cm³/mol. The molecule has 1 nitrogen and oxygen atoms in total. The van der Waals surface area contributed by atoms with Crippen molar-refractivity contribution in [2.45, 2.75) is 44.1 Å². The summed E-state index contributed by atoms with van der Waals surface area (Å²) >= 11 is 0. The molecule has 0 aromatic heterocycles. The first-order valence-corrected chi connectivity index (χ1v) is 4.71. The number of aliphatic hydroxyl groups is 1. The summed E-state index contributed by atoms with van der Waals surface area (Å²) in [5.41, 5.74) is -0.406. The summed E-state index contributed by atoms with van der Waals surface area (Å²) in [4.78, 5) is 0. The summed E-state index contributed by atoms with van der Waals surface area (Å²) in [6.45, 7) is 0. The highest BCUT2D eigenvalue weighted by Crippen LogP contribution is 2.41. The van der Waals surface area contributed by atoms with Crippen LogP contribution in [0.25, 0.3) is 0 Å². The first-order valence-electron chi connectivity index (χ1n) is 4.71. The van der Waals surface area contributed by atoms with E-state index in [4.69, 9.17) is 0 Å². The molecule has 11 heavy (non-hydrogen) atoms. The first kappa shape index (κ1) is 7.35. The van der Waals surface area contributed by atoms with Gasteiger partial charge in [-0.1, -0.05) is 18.6 Å². The Morgan fingerprint density at radius 2 is 2.09 bits per heavy atom. The Balaban J connectivity index is 2.06. The van der Waals surface area contributed by atoms with Gasteiger partial charge in [-0.2, -0.15) is 0 Å². The minimum atomic E-state index is -0.406. The van der Waals surface area contributed by atoms with Crippen LogP contribution in [0.3, 0.4) is 0 Å². The van der Waals surface area contributed by atoms with Crippen LogP contribution in [0.1, 0.15) is 38.5 Å². The van der Waals surface area contributed by atoms with E-state index in [1.165, 1.54) is 25.7 Å². The predicted octanol–water partition coefficient (Wildman–Crippen LogP) is 2.26. The van der Waals surface area contributed by atoms with E-state index in [0.717, 1.165) is 12.8 Å². The Morgan fingerprint density at radius 1 is 1.27 bits per heavy atom. The molecule has 1 N–H and O–H groups in total. The highest BCUT2D eigenvalue weighted by atomic mass is 16.3. The van der Waals surface area contributed by atoms with E-state index in [1.807, 2.05) is 6.08 Å². The van der Waals surface area contributed by atoms with Crippen LogP contribution in [0.5, 0.6) is 0 Å². The third-order valence-electron chi connectivity index (χ3n) is 3.17. The molecule has 62 valence electrons. The lowest BCUT2D eigenvalue weighted by Gasteiger charge is -2.41. The van der Waals surface area contributed by atoms with E-state index >= 15 is 0 Å². The van der Waals surface area contributed by atoms with Crippen LogP contribution >= 0.6 is 0 Å². The monoisotopic (exact) mass is 152 g/mol. The van der Waals surface area contributed by atoms with Crippen LogP contribution in [0.2, 0.25) is 0 Å². The molecule has 2 rings (SSSR count). The maximum absolute atomic E-state index is 10.1. The third-order valence-corrected chi connectivity index (χ3v) is 3.17. The standard InChI is InChI=1S/C10H16O/c11-10(9-5-4-6-9)7-2-1-3-8-10/h2,7,9,11H,1,3-6,8H2. The molecular weight excluding hydrogens is 136 g/mol. The fourth-order valence-electron chi connectivity index (χ4n) is 2.12. The largest absolute Gasteiger partial charge is 0.386 e. The molecule has 0 amide bonds. The van der Waals surface area contributed by atoms with Gasteiger partial charge in [-0.05, 0) is 38.0 Å². The van der Waals surface area contributed by atoms with E-state index in [-0.39, 0.29) is 0 Å². The molecule has 1 unspecified atom stereocenters. The molecule has 1 heteroatoms. The molecule has 0 spiro atoms. The fraction of sp³-hybridized carbons (Fsp3) is 0.800. The SMILES string of the molecule is OC1(C2CCC2)C=CCCC1. The molecular formula is C10H16O. The van der Waals surface area contributed by atoms with Gasteiger partial charge in [0.1, 0.15) is 0 Å². The lowest BCUT2D eigenvalue weighted by atomic mass is 9.69. The summed E-state index contributed by atoms with van der Waals surface area (Å²) < 4.78 is 0. The molecule has 0 aromatic carbocycles. The summed E-state index contributed by atoms with van der Waals surface area (Å²) in [6.07, 6.45) is 11.3. The Kier molecular flexibility index (Phi) is 1.76. The summed E-state index contributed by atoms with van der Waals surface area (Å²) in [7, 11) is 0. The molecule has 0 radical (unpaired) electrons. The fourth-order valence-corrected chi connectivity index (χ4v) is 2.12. The van der Waals surface area contributed by atoms with Gasteiger partial charge in [0.15, 0.2) is 0 Å². The van der Waals surface area contributed by atoms with Gasteiger partial charge in [-0.3, -0.25) is 0 Å². The van der Waals surface area contributed by atoms with Crippen molar-refractivity contribution in [1.29, 1.82) is 0 Å². The quantitative estimate of drug-likeness (QED) is 0.571. The topological polar surface area (TPSA) is 20.2 Å². The number of hydrogen-bond acceptors (Lipinski definition) is 1. The van der Waals surface area contributed by atoms with Crippen molar-refractivity contribution in [3.63, 3.8) is 0 Å². The van der Waals surface area contributed by atoms with Crippen LogP contribution in [0.15, 0.2) is 12.2 Å². The van der Waals surface area contributed by atoms with E-state index in [2.05, 4.69) is 6.08 Å². The van der Waals surface area contributed by atoms with Crippen molar-refractivity contribution in [2.75, 3.05) is 0 Å². The zero-order valence-electron chi connectivity index (χ0n) is 6.92. The molecule has 0 saturated heterocycles. The van der Waals surface area contributed by atoms with Crippen LogP contribution in [0, 0.1) is 5.92 Å². The van der Waals surface area contributed by atoms with Gasteiger partial charge in [0.05, 0.1) is 5.60 Å². The average molecular weight is 152 g/mol. The lowest BCUT2D eigenvalue weighted by molar-refractivity contribution is -0.0199. The molecule has 0 aliphatic heterocycles. The van der Waals surface area contributed by atoms with E-state index in [9.17, 15) is 5.11 Å². The molecule has 2 aliphatic carbocycles. The minimum absolute atomic E-state index is 0.406. The van der Waals surface area contributed by atoms with E-state index in [0.29, 0.717) is 5.92 Å². The van der Waals surface area contributed by atoms with Crippen molar-refractivity contribution in [3.05, 3.63) is 12.2 Å². The molecule has 1 fully saturated rings. The Labute approximate surface area is 68.1 Å². The molecule has 2 aliphatic rings. The Morgan fingerprint density at radius 3 is 2.55 bits per heavy atom. The second-order valence-corrected chi connectivity index (χ2v) is 3.91. The Bertz CT molecular complexity index is 170. The van der Waals surface area contributed by atoms with Crippen LogP contribution < -0.4 is 0 Å². The Hall–Kier alpha value is -0.300. The van der Waals surface area contributed by atoms with Crippen molar-refractivity contribution in [3.8, 4) is 0 Å². The van der Waals surface area contributed by atoms with Gasteiger partial charge in [-0.25, -0.2) is 0 Å². The highest BCUT2D eigenvalue weighted by molar-refractivity contribution is 5.09. The van der Waals surface area contributed by atoms with Crippen molar-refractivity contribution in [2.24, 2.45) is 5.92 Å². The van der Waals surface area contributed by atoms with Gasteiger partial charge in [0.25, 0.3) is 0 Å². The smallest absolute Gasteiger partial charge is 0.0855 e. The normalized spacial score (nSPS) is 38.6. The van der Waals surface area contributed by atoms with Gasteiger partial charge < -0.3 is 5.11 Å².